The second-order valence-corrected chi connectivity index (χ2v) is 13.2. The molecule has 8 heteroatoms. The summed E-state index contributed by atoms with van der Waals surface area (Å²) < 4.78 is 17.5. The van der Waals surface area contributed by atoms with Gasteiger partial charge in [-0.15, -0.1) is 0 Å². The van der Waals surface area contributed by atoms with Crippen LogP contribution in [0.25, 0.3) is 11.3 Å². The van der Waals surface area contributed by atoms with Crippen molar-refractivity contribution in [2.45, 2.75) is 102 Å². The maximum absolute atomic E-state index is 14.2. The predicted octanol–water partition coefficient (Wildman–Crippen LogP) is 7.13. The molecule has 1 amide bonds. The number of fused-ring (bicyclic) bond motifs is 3. The maximum Gasteiger partial charge on any atom is 0.232 e. The average Bonchev–Trinajstić information content (AvgIpc) is 3.72. The zero-order chi connectivity index (χ0) is 27.9. The van der Waals surface area contributed by atoms with Crippen molar-refractivity contribution in [3.8, 4) is 11.3 Å². The molecule has 41 heavy (non-hydrogen) atoms. The molecule has 0 radical (unpaired) electrons. The predicted molar refractivity (Wildman–Crippen MR) is 155 cm³/mol. The summed E-state index contributed by atoms with van der Waals surface area (Å²) in [5, 5.41) is 4.09. The topological polar surface area (TPSA) is 94.5 Å². The molecule has 4 aliphatic carbocycles. The van der Waals surface area contributed by atoms with E-state index in [-0.39, 0.29) is 16.7 Å². The number of carbonyl (C=O) groups is 1. The van der Waals surface area contributed by atoms with Crippen molar-refractivity contribution >= 4 is 11.6 Å². The van der Waals surface area contributed by atoms with Crippen LogP contribution in [0.3, 0.4) is 0 Å². The van der Waals surface area contributed by atoms with Crippen LogP contribution >= 0.6 is 0 Å². The van der Waals surface area contributed by atoms with Gasteiger partial charge < -0.3 is 18.6 Å². The molecule has 8 nitrogen and oxygen atoms in total. The van der Waals surface area contributed by atoms with Crippen LogP contribution in [0.2, 0.25) is 0 Å². The fraction of sp³-hybridized carbons (Fsp3) is 0.636. The molecule has 1 saturated heterocycles. The summed E-state index contributed by atoms with van der Waals surface area (Å²) in [6.45, 7) is 4.18. The highest BCUT2D eigenvalue weighted by Crippen LogP contribution is 2.58. The third-order valence-corrected chi connectivity index (χ3v) is 10.6. The number of oxazole rings is 1. The molecule has 0 N–H and O–H groups in total. The average molecular weight is 559 g/mol. The first kappa shape index (κ1) is 26.9. The monoisotopic (exact) mass is 558 g/mol. The quantitative estimate of drug-likeness (QED) is 0.304. The maximum atomic E-state index is 14.2. The van der Waals surface area contributed by atoms with E-state index in [4.69, 9.17) is 13.7 Å². The van der Waals surface area contributed by atoms with Crippen molar-refractivity contribution in [3.63, 3.8) is 0 Å². The number of aryl methyl sites for hydroxylation is 1. The molecule has 1 aliphatic heterocycles. The van der Waals surface area contributed by atoms with E-state index in [0.717, 1.165) is 126 Å². The molecule has 5 fully saturated rings. The van der Waals surface area contributed by atoms with Gasteiger partial charge in [-0.05, 0) is 88.7 Å². The van der Waals surface area contributed by atoms with Crippen LogP contribution in [-0.4, -0.2) is 40.8 Å². The smallest absolute Gasteiger partial charge is 0.232 e. The lowest BCUT2D eigenvalue weighted by Crippen LogP contribution is -2.51. The summed E-state index contributed by atoms with van der Waals surface area (Å²) in [5.41, 5.74) is 2.09. The highest BCUT2D eigenvalue weighted by Gasteiger charge is 2.53. The zero-order valence-electron chi connectivity index (χ0n) is 24.3. The molecule has 4 saturated carbocycles. The SMILES string of the molecule is Cc1noc(C23CCC(CN(C(=O)C4CCCCC4)c4cccc(-c5cnc(C6CCOCC6)o5)c4)(CC2)CC3)n1. The number of ether oxygens (including phenoxy) is 1. The van der Waals surface area contributed by atoms with Gasteiger partial charge in [-0.25, -0.2) is 4.98 Å². The summed E-state index contributed by atoms with van der Waals surface area (Å²) in [4.78, 5) is 25.6. The Labute approximate surface area is 242 Å². The third-order valence-electron chi connectivity index (χ3n) is 10.6. The Bertz CT molecular complexity index is 1340. The number of carbonyl (C=O) groups excluding carboxylic acids is 1. The van der Waals surface area contributed by atoms with Gasteiger partial charge >= 0.3 is 0 Å². The van der Waals surface area contributed by atoms with Crippen LogP contribution in [-0.2, 0) is 14.9 Å². The van der Waals surface area contributed by atoms with Gasteiger partial charge in [0.1, 0.15) is 0 Å². The molecule has 3 heterocycles. The normalized spacial score (nSPS) is 27.2. The molecule has 0 spiro atoms. The second kappa shape index (κ2) is 11.0. The van der Waals surface area contributed by atoms with E-state index in [1.165, 1.54) is 6.42 Å². The molecule has 5 aliphatic rings. The van der Waals surface area contributed by atoms with Crippen LogP contribution in [0.15, 0.2) is 39.4 Å². The highest BCUT2D eigenvalue weighted by atomic mass is 16.5. The number of rotatable bonds is 7. The van der Waals surface area contributed by atoms with Gasteiger partial charge in [0.25, 0.3) is 0 Å². The van der Waals surface area contributed by atoms with Gasteiger partial charge in [-0.3, -0.25) is 4.79 Å². The minimum atomic E-state index is 0.00951. The van der Waals surface area contributed by atoms with E-state index < -0.39 is 0 Å². The standard InChI is InChI=1S/C33H42N4O4/c1-23-35-31(41-36-23)33-15-12-32(13-16-33,14-17-33)22-37(30(38)25-6-3-2-4-7-25)27-9-5-8-26(20-27)28-21-34-29(40-28)24-10-18-39-19-11-24/h5,8-9,20-21,24-25H,2-4,6-7,10-19,22H2,1H3. The van der Waals surface area contributed by atoms with Crippen molar-refractivity contribution < 1.29 is 18.5 Å². The summed E-state index contributed by atoms with van der Waals surface area (Å²) in [5.74, 6) is 3.82. The summed E-state index contributed by atoms with van der Waals surface area (Å²) in [6, 6.07) is 8.38. The molecule has 2 bridgehead atoms. The number of aromatic nitrogens is 3. The minimum Gasteiger partial charge on any atom is -0.440 e. The molecule has 0 unspecified atom stereocenters. The molecular weight excluding hydrogens is 516 g/mol. The van der Waals surface area contributed by atoms with Crippen molar-refractivity contribution in [2.75, 3.05) is 24.7 Å². The van der Waals surface area contributed by atoms with E-state index in [1.807, 2.05) is 13.1 Å². The van der Waals surface area contributed by atoms with Crippen molar-refractivity contribution in [1.29, 1.82) is 0 Å². The fourth-order valence-corrected chi connectivity index (χ4v) is 7.92. The molecule has 1 aromatic carbocycles. The Kier molecular flexibility index (Phi) is 7.21. The van der Waals surface area contributed by atoms with Crippen molar-refractivity contribution in [1.82, 2.24) is 15.1 Å². The Morgan fingerprint density at radius 1 is 1.00 bits per heavy atom. The Hall–Kier alpha value is -3.00. The number of amides is 1. The lowest BCUT2D eigenvalue weighted by molar-refractivity contribution is -0.124. The Morgan fingerprint density at radius 2 is 1.76 bits per heavy atom. The molecule has 3 aromatic rings. The number of nitrogens with zero attached hydrogens (tertiary/aromatic N) is 4. The van der Waals surface area contributed by atoms with E-state index in [0.29, 0.717) is 17.6 Å². The molecular formula is C33H42N4O4. The summed E-state index contributed by atoms with van der Waals surface area (Å²) in [7, 11) is 0. The van der Waals surface area contributed by atoms with Crippen LogP contribution in [0.5, 0.6) is 0 Å². The molecule has 2 aromatic heterocycles. The van der Waals surface area contributed by atoms with Crippen LogP contribution < -0.4 is 4.90 Å². The number of hydrogen-bond donors (Lipinski definition) is 0. The lowest BCUT2D eigenvalue weighted by atomic mass is 9.53. The van der Waals surface area contributed by atoms with E-state index >= 15 is 0 Å². The first-order valence-corrected chi connectivity index (χ1v) is 15.8. The fourth-order valence-electron chi connectivity index (χ4n) is 7.92. The van der Waals surface area contributed by atoms with Gasteiger partial charge in [-0.1, -0.05) is 36.6 Å². The molecule has 0 atom stereocenters. The van der Waals surface area contributed by atoms with E-state index in [1.54, 1.807) is 0 Å². The largest absolute Gasteiger partial charge is 0.440 e. The number of benzene rings is 1. The molecule has 218 valence electrons. The van der Waals surface area contributed by atoms with Crippen molar-refractivity contribution in [3.05, 3.63) is 48.1 Å². The molecule has 8 rings (SSSR count). The number of anilines is 1. The van der Waals surface area contributed by atoms with Crippen LogP contribution in [0, 0.1) is 18.3 Å². The van der Waals surface area contributed by atoms with Crippen LogP contribution in [0.4, 0.5) is 5.69 Å². The lowest BCUT2D eigenvalue weighted by Gasteiger charge is -2.53. The zero-order valence-corrected chi connectivity index (χ0v) is 24.3. The number of hydrogen-bond acceptors (Lipinski definition) is 7. The summed E-state index contributed by atoms with van der Waals surface area (Å²) in [6.07, 6.45) is 15.7. The first-order valence-electron chi connectivity index (χ1n) is 15.8. The van der Waals surface area contributed by atoms with Crippen LogP contribution in [0.1, 0.15) is 107 Å². The van der Waals surface area contributed by atoms with E-state index in [2.05, 4.69) is 44.3 Å². The van der Waals surface area contributed by atoms with E-state index in [9.17, 15) is 4.79 Å². The first-order chi connectivity index (χ1) is 20.0. The summed E-state index contributed by atoms with van der Waals surface area (Å²) >= 11 is 0. The Morgan fingerprint density at radius 3 is 2.46 bits per heavy atom. The van der Waals surface area contributed by atoms with Gasteiger partial charge in [0.2, 0.25) is 11.8 Å². The highest BCUT2D eigenvalue weighted by molar-refractivity contribution is 5.95. The van der Waals surface area contributed by atoms with Gasteiger partial charge in [-0.2, -0.15) is 4.98 Å². The van der Waals surface area contributed by atoms with Crippen molar-refractivity contribution in [2.24, 2.45) is 11.3 Å². The third kappa shape index (κ3) is 5.24. The van der Waals surface area contributed by atoms with Gasteiger partial charge in [0, 0.05) is 48.3 Å². The van der Waals surface area contributed by atoms with Gasteiger partial charge in [0.05, 0.1) is 6.20 Å². The Balaban J connectivity index is 1.15. The minimum absolute atomic E-state index is 0.00951. The van der Waals surface area contributed by atoms with Gasteiger partial charge in [0.15, 0.2) is 17.5 Å². The second-order valence-electron chi connectivity index (χ2n) is 13.2.